The van der Waals surface area contributed by atoms with Crippen molar-refractivity contribution in [2.24, 2.45) is 7.05 Å². The van der Waals surface area contributed by atoms with E-state index in [2.05, 4.69) is 28.0 Å². The third-order valence-electron chi connectivity index (χ3n) is 2.79. The largest absolute Gasteiger partial charge is 0.398 e. The van der Waals surface area contributed by atoms with E-state index in [1.807, 2.05) is 36.0 Å². The molecular formula is C13H16BrN3S. The molecule has 0 saturated heterocycles. The number of aryl methyl sites for hydroxylation is 2. The van der Waals surface area contributed by atoms with Crippen LogP contribution in [0, 0.1) is 0 Å². The molecule has 96 valence electrons. The van der Waals surface area contributed by atoms with Crippen molar-refractivity contribution in [3.63, 3.8) is 0 Å². The van der Waals surface area contributed by atoms with Crippen LogP contribution in [0.3, 0.4) is 0 Å². The highest BCUT2D eigenvalue weighted by molar-refractivity contribution is 9.10. The molecule has 0 saturated carbocycles. The average molecular weight is 326 g/mol. The summed E-state index contributed by atoms with van der Waals surface area (Å²) >= 11 is 5.36. The third-order valence-corrected chi connectivity index (χ3v) is 4.80. The highest BCUT2D eigenvalue weighted by atomic mass is 79.9. The Balaban J connectivity index is 2.16. The number of benzene rings is 1. The lowest BCUT2D eigenvalue weighted by atomic mass is 10.3. The maximum atomic E-state index is 5.94. The molecule has 2 aromatic rings. The molecule has 0 bridgehead atoms. The Morgan fingerprint density at radius 1 is 1.39 bits per heavy atom. The van der Waals surface area contributed by atoms with Crippen LogP contribution in [-0.4, -0.2) is 9.78 Å². The molecule has 1 heterocycles. The molecular weight excluding hydrogens is 310 g/mol. The van der Waals surface area contributed by atoms with Crippen molar-refractivity contribution in [2.75, 3.05) is 5.73 Å². The van der Waals surface area contributed by atoms with Crippen LogP contribution in [0.5, 0.6) is 0 Å². The molecule has 0 fully saturated rings. The van der Waals surface area contributed by atoms with Gasteiger partial charge in [-0.1, -0.05) is 19.1 Å². The molecule has 0 aliphatic carbocycles. The normalized spacial score (nSPS) is 10.8. The standard InChI is InChI=1S/C13H16BrN3S/c1-3-10-13(14)11(17(2)16-10)8-18-12-7-5-4-6-9(12)15/h4-7H,3,8,15H2,1-2H3. The lowest BCUT2D eigenvalue weighted by molar-refractivity contribution is 0.719. The van der Waals surface area contributed by atoms with Crippen molar-refractivity contribution in [1.82, 2.24) is 9.78 Å². The van der Waals surface area contributed by atoms with Gasteiger partial charge in [-0.15, -0.1) is 11.8 Å². The summed E-state index contributed by atoms with van der Waals surface area (Å²) < 4.78 is 3.06. The highest BCUT2D eigenvalue weighted by Gasteiger charge is 2.12. The van der Waals surface area contributed by atoms with E-state index in [0.717, 1.165) is 32.9 Å². The van der Waals surface area contributed by atoms with Gasteiger partial charge in [-0.3, -0.25) is 4.68 Å². The number of rotatable bonds is 4. The Morgan fingerprint density at radius 3 is 2.72 bits per heavy atom. The maximum absolute atomic E-state index is 5.94. The Morgan fingerprint density at radius 2 is 2.11 bits per heavy atom. The minimum Gasteiger partial charge on any atom is -0.398 e. The zero-order chi connectivity index (χ0) is 13.1. The Hall–Kier alpha value is -0.940. The van der Waals surface area contributed by atoms with E-state index < -0.39 is 0 Å². The first-order valence-corrected chi connectivity index (χ1v) is 7.59. The Bertz CT molecular complexity index is 551. The number of halogens is 1. The van der Waals surface area contributed by atoms with Crippen LogP contribution in [-0.2, 0) is 19.2 Å². The molecule has 0 unspecified atom stereocenters. The van der Waals surface area contributed by atoms with Gasteiger partial charge >= 0.3 is 0 Å². The molecule has 0 amide bonds. The van der Waals surface area contributed by atoms with Crippen molar-refractivity contribution in [3.8, 4) is 0 Å². The van der Waals surface area contributed by atoms with Gasteiger partial charge in [-0.2, -0.15) is 5.10 Å². The predicted molar refractivity (Wildman–Crippen MR) is 80.7 cm³/mol. The summed E-state index contributed by atoms with van der Waals surface area (Å²) in [5, 5.41) is 4.49. The Labute approximate surface area is 120 Å². The number of thioether (sulfide) groups is 1. The second-order valence-corrected chi connectivity index (χ2v) is 5.82. The molecule has 1 aromatic heterocycles. The van der Waals surface area contributed by atoms with Gasteiger partial charge < -0.3 is 5.73 Å². The summed E-state index contributed by atoms with van der Waals surface area (Å²) in [6, 6.07) is 7.94. The first-order valence-electron chi connectivity index (χ1n) is 5.81. The fourth-order valence-corrected chi connectivity index (χ4v) is 3.71. The van der Waals surface area contributed by atoms with E-state index in [9.17, 15) is 0 Å². The van der Waals surface area contributed by atoms with Crippen LogP contribution < -0.4 is 5.73 Å². The van der Waals surface area contributed by atoms with Gasteiger partial charge in [-0.25, -0.2) is 0 Å². The molecule has 1 aromatic carbocycles. The van der Waals surface area contributed by atoms with Gasteiger partial charge in [-0.05, 0) is 34.5 Å². The quantitative estimate of drug-likeness (QED) is 0.689. The number of aromatic nitrogens is 2. The summed E-state index contributed by atoms with van der Waals surface area (Å²) in [5.74, 6) is 0.859. The molecule has 18 heavy (non-hydrogen) atoms. The van der Waals surface area contributed by atoms with Crippen LogP contribution >= 0.6 is 27.7 Å². The lowest BCUT2D eigenvalue weighted by Gasteiger charge is -2.05. The van der Waals surface area contributed by atoms with E-state index >= 15 is 0 Å². The topological polar surface area (TPSA) is 43.8 Å². The summed E-state index contributed by atoms with van der Waals surface area (Å²) in [5.41, 5.74) is 9.07. The minimum atomic E-state index is 0.830. The molecule has 2 rings (SSSR count). The van der Waals surface area contributed by atoms with Crippen LogP contribution in [0.4, 0.5) is 5.69 Å². The van der Waals surface area contributed by atoms with Crippen molar-refractivity contribution in [1.29, 1.82) is 0 Å². The van der Waals surface area contributed by atoms with Gasteiger partial charge in [0.05, 0.1) is 15.9 Å². The van der Waals surface area contributed by atoms with E-state index in [1.54, 1.807) is 11.8 Å². The van der Waals surface area contributed by atoms with Crippen molar-refractivity contribution >= 4 is 33.4 Å². The number of hydrogen-bond acceptors (Lipinski definition) is 3. The molecule has 0 spiro atoms. The SMILES string of the molecule is CCc1nn(C)c(CSc2ccccc2N)c1Br. The number of nitrogen functional groups attached to an aromatic ring is 1. The van der Waals surface area contributed by atoms with Crippen molar-refractivity contribution < 1.29 is 0 Å². The van der Waals surface area contributed by atoms with Crippen molar-refractivity contribution in [3.05, 3.63) is 40.1 Å². The van der Waals surface area contributed by atoms with E-state index in [-0.39, 0.29) is 0 Å². The van der Waals surface area contributed by atoms with E-state index in [0.29, 0.717) is 0 Å². The first-order chi connectivity index (χ1) is 8.63. The van der Waals surface area contributed by atoms with Gasteiger partial charge in [0, 0.05) is 23.4 Å². The zero-order valence-corrected chi connectivity index (χ0v) is 12.9. The van der Waals surface area contributed by atoms with Crippen molar-refractivity contribution in [2.45, 2.75) is 24.0 Å². The first kappa shape index (κ1) is 13.5. The minimum absolute atomic E-state index is 0.830. The second kappa shape index (κ2) is 5.80. The fraction of sp³-hybridized carbons (Fsp3) is 0.308. The summed E-state index contributed by atoms with van der Waals surface area (Å²) in [6.45, 7) is 2.11. The molecule has 5 heteroatoms. The molecule has 3 nitrogen and oxygen atoms in total. The highest BCUT2D eigenvalue weighted by Crippen LogP contribution is 2.31. The molecule has 2 N–H and O–H groups in total. The van der Waals surface area contributed by atoms with E-state index in [4.69, 9.17) is 5.73 Å². The third kappa shape index (κ3) is 2.72. The predicted octanol–water partition coefficient (Wildman–Crippen LogP) is 3.62. The van der Waals surface area contributed by atoms with Crippen LogP contribution in [0.1, 0.15) is 18.3 Å². The molecule has 0 atom stereocenters. The number of hydrogen-bond donors (Lipinski definition) is 1. The smallest absolute Gasteiger partial charge is 0.0767 e. The fourth-order valence-electron chi connectivity index (χ4n) is 1.73. The Kier molecular flexibility index (Phi) is 4.35. The number of para-hydroxylation sites is 1. The van der Waals surface area contributed by atoms with Crippen LogP contribution in [0.15, 0.2) is 33.6 Å². The average Bonchev–Trinajstić information content (AvgIpc) is 2.64. The number of anilines is 1. The van der Waals surface area contributed by atoms with Gasteiger partial charge in [0.25, 0.3) is 0 Å². The summed E-state index contributed by atoms with van der Waals surface area (Å²) in [7, 11) is 1.98. The van der Waals surface area contributed by atoms with Crippen LogP contribution in [0.2, 0.25) is 0 Å². The van der Waals surface area contributed by atoms with Gasteiger partial charge in [0.2, 0.25) is 0 Å². The van der Waals surface area contributed by atoms with E-state index in [1.165, 1.54) is 5.69 Å². The van der Waals surface area contributed by atoms with Gasteiger partial charge in [0.1, 0.15) is 0 Å². The second-order valence-electron chi connectivity index (χ2n) is 4.01. The zero-order valence-electron chi connectivity index (χ0n) is 10.5. The molecule has 0 aliphatic rings. The molecule has 0 aliphatic heterocycles. The van der Waals surface area contributed by atoms with Crippen LogP contribution in [0.25, 0.3) is 0 Å². The summed E-state index contributed by atoms with van der Waals surface area (Å²) in [4.78, 5) is 1.11. The number of nitrogens with two attached hydrogens (primary N) is 1. The molecule has 0 radical (unpaired) electrons. The maximum Gasteiger partial charge on any atom is 0.0767 e. The lowest BCUT2D eigenvalue weighted by Crippen LogP contribution is -1.97. The summed E-state index contributed by atoms with van der Waals surface area (Å²) in [6.07, 6.45) is 0.937. The number of nitrogens with zero attached hydrogens (tertiary/aromatic N) is 2. The monoisotopic (exact) mass is 325 g/mol. The van der Waals surface area contributed by atoms with Gasteiger partial charge in [0.15, 0.2) is 0 Å².